The molecular weight excluding hydrogens is 230 g/mol. The Kier molecular flexibility index (Phi) is 3.19. The van der Waals surface area contributed by atoms with Gasteiger partial charge in [0.05, 0.1) is 22.9 Å². The molecule has 0 aliphatic heterocycles. The van der Waals surface area contributed by atoms with Crippen LogP contribution >= 0.6 is 0 Å². The summed E-state index contributed by atoms with van der Waals surface area (Å²) >= 11 is 0. The average Bonchev–Trinajstić information content (AvgIpc) is 2.73. The number of carbonyl (C=O) groups is 1. The van der Waals surface area contributed by atoms with Gasteiger partial charge in [-0.15, -0.1) is 0 Å². The Balaban J connectivity index is 2.24. The molecule has 0 saturated heterocycles. The molecule has 0 radical (unpaired) electrons. The largest absolute Gasteiger partial charge is 0.481 e. The van der Waals surface area contributed by atoms with Crippen molar-refractivity contribution in [2.45, 2.75) is 32.2 Å². The zero-order chi connectivity index (χ0) is 13.2. The van der Waals surface area contributed by atoms with Crippen LogP contribution in [0.1, 0.15) is 31.7 Å². The lowest BCUT2D eigenvalue weighted by molar-refractivity contribution is -0.147. The van der Waals surface area contributed by atoms with Crippen molar-refractivity contribution in [3.63, 3.8) is 0 Å². The molecule has 0 spiro atoms. The number of hydrogen-bond acceptors (Lipinski definition) is 4. The van der Waals surface area contributed by atoms with Crippen molar-refractivity contribution in [2.24, 2.45) is 5.41 Å². The van der Waals surface area contributed by atoms with Crippen LogP contribution in [-0.2, 0) is 4.79 Å². The highest BCUT2D eigenvalue weighted by atomic mass is 16.4. The van der Waals surface area contributed by atoms with Gasteiger partial charge in [-0.3, -0.25) is 9.78 Å². The molecular formula is C13H15N3O2. The van der Waals surface area contributed by atoms with Gasteiger partial charge < -0.3 is 10.4 Å². The summed E-state index contributed by atoms with van der Waals surface area (Å²) in [6.07, 6.45) is 5.45. The van der Waals surface area contributed by atoms with E-state index in [9.17, 15) is 9.90 Å². The Morgan fingerprint density at radius 2 is 2.50 bits per heavy atom. The second kappa shape index (κ2) is 4.65. The topological polar surface area (TPSA) is 86.0 Å². The standard InChI is InChI=1S/C13H15N3O2/c1-13(12(17)18)5-2-3-11(13)16-10-8-15-6-4-9(10)7-14/h4,6,8,11,16H,2-3,5H2,1H3,(H,17,18). The van der Waals surface area contributed by atoms with Crippen LogP contribution in [0.5, 0.6) is 0 Å². The van der Waals surface area contributed by atoms with Gasteiger partial charge in [-0.2, -0.15) is 5.26 Å². The highest BCUT2D eigenvalue weighted by Crippen LogP contribution is 2.40. The number of nitrogens with zero attached hydrogens (tertiary/aromatic N) is 2. The Morgan fingerprint density at radius 3 is 3.17 bits per heavy atom. The number of pyridine rings is 1. The van der Waals surface area contributed by atoms with Crippen LogP contribution in [0.4, 0.5) is 5.69 Å². The maximum atomic E-state index is 11.4. The molecule has 5 heteroatoms. The number of anilines is 1. The molecule has 1 saturated carbocycles. The lowest BCUT2D eigenvalue weighted by Crippen LogP contribution is -2.40. The monoisotopic (exact) mass is 245 g/mol. The third kappa shape index (κ3) is 2.02. The molecule has 0 bridgehead atoms. The van der Waals surface area contributed by atoms with Crippen molar-refractivity contribution in [1.82, 2.24) is 4.98 Å². The zero-order valence-electron chi connectivity index (χ0n) is 10.2. The first kappa shape index (κ1) is 12.4. The van der Waals surface area contributed by atoms with Gasteiger partial charge in [0.2, 0.25) is 0 Å². The minimum Gasteiger partial charge on any atom is -0.481 e. The minimum absolute atomic E-state index is 0.161. The summed E-state index contributed by atoms with van der Waals surface area (Å²) in [6.45, 7) is 1.75. The van der Waals surface area contributed by atoms with Crippen LogP contribution in [0.25, 0.3) is 0 Å². The van der Waals surface area contributed by atoms with E-state index in [2.05, 4.69) is 16.4 Å². The molecule has 1 fully saturated rings. The molecule has 0 aromatic carbocycles. The van der Waals surface area contributed by atoms with E-state index in [0.29, 0.717) is 17.7 Å². The molecule has 2 N–H and O–H groups in total. The minimum atomic E-state index is -0.792. The van der Waals surface area contributed by atoms with Gasteiger partial charge in [0.15, 0.2) is 0 Å². The van der Waals surface area contributed by atoms with E-state index < -0.39 is 11.4 Å². The van der Waals surface area contributed by atoms with E-state index in [1.807, 2.05) is 0 Å². The lowest BCUT2D eigenvalue weighted by atomic mass is 9.84. The summed E-state index contributed by atoms with van der Waals surface area (Å²) in [4.78, 5) is 15.3. The molecule has 18 heavy (non-hydrogen) atoms. The molecule has 2 unspecified atom stereocenters. The van der Waals surface area contributed by atoms with Crippen molar-refractivity contribution >= 4 is 11.7 Å². The molecule has 0 amide bonds. The SMILES string of the molecule is CC1(C(=O)O)CCCC1Nc1cnccc1C#N. The number of rotatable bonds is 3. The summed E-state index contributed by atoms with van der Waals surface area (Å²) < 4.78 is 0. The first-order chi connectivity index (χ1) is 8.58. The summed E-state index contributed by atoms with van der Waals surface area (Å²) in [5.41, 5.74) is 0.326. The summed E-state index contributed by atoms with van der Waals surface area (Å²) in [5.74, 6) is -0.792. The van der Waals surface area contributed by atoms with E-state index in [-0.39, 0.29) is 6.04 Å². The van der Waals surface area contributed by atoms with E-state index in [0.717, 1.165) is 12.8 Å². The Bertz CT molecular complexity index is 509. The van der Waals surface area contributed by atoms with E-state index >= 15 is 0 Å². The molecule has 1 aromatic heterocycles. The van der Waals surface area contributed by atoms with Crippen LogP contribution in [0, 0.1) is 16.7 Å². The van der Waals surface area contributed by atoms with Gasteiger partial charge in [0.1, 0.15) is 6.07 Å². The van der Waals surface area contributed by atoms with Crippen molar-refractivity contribution in [3.05, 3.63) is 24.0 Å². The Morgan fingerprint density at radius 1 is 1.72 bits per heavy atom. The predicted octanol–water partition coefficient (Wildman–Crippen LogP) is 2.01. The van der Waals surface area contributed by atoms with Crippen LogP contribution in [-0.4, -0.2) is 22.1 Å². The maximum Gasteiger partial charge on any atom is 0.311 e. The molecule has 1 aliphatic rings. The van der Waals surface area contributed by atoms with Gasteiger partial charge in [0.25, 0.3) is 0 Å². The number of nitriles is 1. The quantitative estimate of drug-likeness (QED) is 0.850. The molecule has 1 aliphatic carbocycles. The number of carboxylic acids is 1. The highest BCUT2D eigenvalue weighted by Gasteiger charge is 2.45. The number of carboxylic acid groups (broad SMARTS) is 1. The van der Waals surface area contributed by atoms with Gasteiger partial charge >= 0.3 is 5.97 Å². The first-order valence-electron chi connectivity index (χ1n) is 5.92. The number of aliphatic carboxylic acids is 1. The Hall–Kier alpha value is -2.09. The van der Waals surface area contributed by atoms with E-state index in [1.165, 1.54) is 0 Å². The van der Waals surface area contributed by atoms with Crippen molar-refractivity contribution < 1.29 is 9.90 Å². The number of nitrogens with one attached hydrogen (secondary N) is 1. The van der Waals surface area contributed by atoms with E-state index in [4.69, 9.17) is 5.26 Å². The van der Waals surface area contributed by atoms with Crippen LogP contribution in [0.2, 0.25) is 0 Å². The third-order valence-electron chi connectivity index (χ3n) is 3.72. The second-order valence-corrected chi connectivity index (χ2v) is 4.84. The normalized spacial score (nSPS) is 26.6. The third-order valence-corrected chi connectivity index (χ3v) is 3.72. The van der Waals surface area contributed by atoms with Crippen LogP contribution < -0.4 is 5.32 Å². The average molecular weight is 245 g/mol. The van der Waals surface area contributed by atoms with Crippen LogP contribution in [0.3, 0.4) is 0 Å². The van der Waals surface area contributed by atoms with Gasteiger partial charge in [-0.05, 0) is 25.8 Å². The van der Waals surface area contributed by atoms with Gasteiger partial charge in [0, 0.05) is 12.2 Å². The molecule has 5 nitrogen and oxygen atoms in total. The fraction of sp³-hybridized carbons (Fsp3) is 0.462. The van der Waals surface area contributed by atoms with Crippen molar-refractivity contribution in [3.8, 4) is 6.07 Å². The fourth-order valence-corrected chi connectivity index (χ4v) is 2.45. The molecule has 1 aromatic rings. The maximum absolute atomic E-state index is 11.4. The summed E-state index contributed by atoms with van der Waals surface area (Å²) in [5, 5.41) is 21.5. The van der Waals surface area contributed by atoms with Crippen molar-refractivity contribution in [2.75, 3.05) is 5.32 Å². The van der Waals surface area contributed by atoms with Crippen LogP contribution in [0.15, 0.2) is 18.5 Å². The van der Waals surface area contributed by atoms with Gasteiger partial charge in [-0.1, -0.05) is 6.42 Å². The van der Waals surface area contributed by atoms with Crippen molar-refractivity contribution in [1.29, 1.82) is 5.26 Å². The smallest absolute Gasteiger partial charge is 0.311 e. The van der Waals surface area contributed by atoms with E-state index in [1.54, 1.807) is 25.4 Å². The molecule has 1 heterocycles. The first-order valence-corrected chi connectivity index (χ1v) is 5.92. The number of hydrogen-bond donors (Lipinski definition) is 2. The fourth-order valence-electron chi connectivity index (χ4n) is 2.45. The molecule has 94 valence electrons. The molecule has 2 rings (SSSR count). The zero-order valence-corrected chi connectivity index (χ0v) is 10.2. The molecule has 2 atom stereocenters. The summed E-state index contributed by atoms with van der Waals surface area (Å²) in [7, 11) is 0. The lowest BCUT2D eigenvalue weighted by Gasteiger charge is -2.28. The summed E-state index contributed by atoms with van der Waals surface area (Å²) in [6, 6.07) is 3.54. The predicted molar refractivity (Wildman–Crippen MR) is 66.0 cm³/mol. The van der Waals surface area contributed by atoms with Gasteiger partial charge in [-0.25, -0.2) is 0 Å². The second-order valence-electron chi connectivity index (χ2n) is 4.84. The Labute approximate surface area is 105 Å². The number of aromatic nitrogens is 1. The highest BCUT2D eigenvalue weighted by molar-refractivity contribution is 5.76.